The summed E-state index contributed by atoms with van der Waals surface area (Å²) in [4.78, 5) is 10.7. The summed E-state index contributed by atoms with van der Waals surface area (Å²) in [6, 6.07) is 3.23. The van der Waals surface area contributed by atoms with Crippen LogP contribution in [0.3, 0.4) is 0 Å². The number of rotatable bonds is 4. The fraction of sp³-hybridized carbons (Fsp3) is 0.100. The summed E-state index contributed by atoms with van der Waals surface area (Å²) < 4.78 is 17.8. The smallest absolute Gasteiger partial charge is 0.339 e. The zero-order chi connectivity index (χ0) is 11.3. The van der Waals surface area contributed by atoms with Gasteiger partial charge in [0, 0.05) is 11.6 Å². The molecule has 0 atom stereocenters. The standard InChI is InChI=1S/C10H8ClFO3/c11-4-1-5-15-9-6-7(12)2-3-8(9)10(13)14/h1-4,6H,5H2,(H,13,14)/b4-1+. The van der Waals surface area contributed by atoms with Crippen LogP contribution in [0, 0.1) is 5.82 Å². The monoisotopic (exact) mass is 230 g/mol. The van der Waals surface area contributed by atoms with Gasteiger partial charge < -0.3 is 9.84 Å². The molecule has 0 unspecified atom stereocenters. The third-order valence-electron chi connectivity index (χ3n) is 1.60. The number of hydrogen-bond acceptors (Lipinski definition) is 2. The second-order valence-electron chi connectivity index (χ2n) is 2.62. The van der Waals surface area contributed by atoms with Crippen LogP contribution < -0.4 is 4.74 Å². The quantitative estimate of drug-likeness (QED) is 0.865. The van der Waals surface area contributed by atoms with Crippen molar-refractivity contribution in [2.75, 3.05) is 6.61 Å². The lowest BCUT2D eigenvalue weighted by molar-refractivity contribution is 0.0692. The van der Waals surface area contributed by atoms with Gasteiger partial charge in [-0.05, 0) is 18.2 Å². The fourth-order valence-electron chi connectivity index (χ4n) is 0.967. The predicted molar refractivity (Wildman–Crippen MR) is 53.8 cm³/mol. The van der Waals surface area contributed by atoms with Crippen molar-refractivity contribution in [3.05, 3.63) is 41.2 Å². The van der Waals surface area contributed by atoms with E-state index in [1.165, 1.54) is 11.6 Å². The molecule has 1 aromatic rings. The van der Waals surface area contributed by atoms with E-state index in [0.29, 0.717) is 0 Å². The predicted octanol–water partition coefficient (Wildman–Crippen LogP) is 2.66. The molecule has 0 saturated carbocycles. The third kappa shape index (κ3) is 3.25. The van der Waals surface area contributed by atoms with Gasteiger partial charge in [-0.1, -0.05) is 11.6 Å². The average Bonchev–Trinajstić information content (AvgIpc) is 2.18. The lowest BCUT2D eigenvalue weighted by atomic mass is 10.2. The van der Waals surface area contributed by atoms with Crippen molar-refractivity contribution in [2.24, 2.45) is 0 Å². The largest absolute Gasteiger partial charge is 0.488 e. The van der Waals surface area contributed by atoms with E-state index in [1.807, 2.05) is 0 Å². The summed E-state index contributed by atoms with van der Waals surface area (Å²) in [7, 11) is 0. The van der Waals surface area contributed by atoms with Gasteiger partial charge in [-0.25, -0.2) is 9.18 Å². The van der Waals surface area contributed by atoms with E-state index >= 15 is 0 Å². The van der Waals surface area contributed by atoms with Crippen molar-refractivity contribution in [3.8, 4) is 5.75 Å². The maximum atomic E-state index is 12.8. The number of carboxylic acid groups (broad SMARTS) is 1. The third-order valence-corrected chi connectivity index (χ3v) is 1.78. The molecule has 1 rings (SSSR count). The lowest BCUT2D eigenvalue weighted by Crippen LogP contribution is -2.03. The average molecular weight is 231 g/mol. The van der Waals surface area contributed by atoms with Crippen molar-refractivity contribution in [1.29, 1.82) is 0 Å². The molecule has 1 aromatic carbocycles. The van der Waals surface area contributed by atoms with E-state index < -0.39 is 11.8 Å². The molecular formula is C10H8ClFO3. The van der Waals surface area contributed by atoms with Crippen LogP contribution in [0.25, 0.3) is 0 Å². The molecule has 0 aliphatic rings. The zero-order valence-electron chi connectivity index (χ0n) is 7.61. The first kappa shape index (κ1) is 11.5. The Morgan fingerprint density at radius 2 is 2.33 bits per heavy atom. The highest BCUT2D eigenvalue weighted by Crippen LogP contribution is 2.19. The Hall–Kier alpha value is -1.55. The minimum atomic E-state index is -1.17. The van der Waals surface area contributed by atoms with E-state index in [0.717, 1.165) is 18.2 Å². The number of ether oxygens (including phenoxy) is 1. The molecule has 0 fully saturated rings. The first-order valence-corrected chi connectivity index (χ1v) is 4.49. The van der Waals surface area contributed by atoms with Crippen molar-refractivity contribution in [1.82, 2.24) is 0 Å². The van der Waals surface area contributed by atoms with Gasteiger partial charge in [0.25, 0.3) is 0 Å². The molecule has 80 valence electrons. The van der Waals surface area contributed by atoms with Crippen LogP contribution in [0.15, 0.2) is 29.8 Å². The summed E-state index contributed by atoms with van der Waals surface area (Å²) in [5, 5.41) is 8.77. The van der Waals surface area contributed by atoms with Gasteiger partial charge in [-0.15, -0.1) is 0 Å². The van der Waals surface area contributed by atoms with Crippen LogP contribution in [0.5, 0.6) is 5.75 Å². The molecule has 3 nitrogen and oxygen atoms in total. The van der Waals surface area contributed by atoms with Gasteiger partial charge in [-0.3, -0.25) is 0 Å². The van der Waals surface area contributed by atoms with Gasteiger partial charge in [0.1, 0.15) is 23.7 Å². The summed E-state index contributed by atoms with van der Waals surface area (Å²) in [5.74, 6) is -1.73. The molecule has 5 heteroatoms. The highest BCUT2D eigenvalue weighted by atomic mass is 35.5. The Bertz CT molecular complexity index is 390. The van der Waals surface area contributed by atoms with Gasteiger partial charge in [0.2, 0.25) is 0 Å². The topological polar surface area (TPSA) is 46.5 Å². The molecule has 0 bridgehead atoms. The molecule has 0 amide bonds. The summed E-state index contributed by atoms with van der Waals surface area (Å²) in [6.07, 6.45) is 1.47. The first-order valence-electron chi connectivity index (χ1n) is 4.06. The first-order chi connectivity index (χ1) is 7.15. The number of aromatic carboxylic acids is 1. The molecule has 1 N–H and O–H groups in total. The molecule has 0 aromatic heterocycles. The second kappa shape index (κ2) is 5.36. The number of carboxylic acids is 1. The van der Waals surface area contributed by atoms with Crippen molar-refractivity contribution in [3.63, 3.8) is 0 Å². The SMILES string of the molecule is O=C(O)c1ccc(F)cc1OC/C=C/Cl. The summed E-state index contributed by atoms with van der Waals surface area (Å²) in [5.41, 5.74) is 1.15. The maximum Gasteiger partial charge on any atom is 0.339 e. The Morgan fingerprint density at radius 1 is 1.60 bits per heavy atom. The van der Waals surface area contributed by atoms with Crippen LogP contribution >= 0.6 is 11.6 Å². The molecule has 15 heavy (non-hydrogen) atoms. The van der Waals surface area contributed by atoms with Crippen molar-refractivity contribution >= 4 is 17.6 Å². The molecule has 0 spiro atoms. The van der Waals surface area contributed by atoms with Crippen LogP contribution in [0.2, 0.25) is 0 Å². The number of hydrogen-bond donors (Lipinski definition) is 1. The van der Waals surface area contributed by atoms with E-state index in [9.17, 15) is 9.18 Å². The minimum Gasteiger partial charge on any atom is -0.488 e. The molecule has 0 heterocycles. The van der Waals surface area contributed by atoms with Gasteiger partial charge >= 0.3 is 5.97 Å². The molecular weight excluding hydrogens is 223 g/mol. The van der Waals surface area contributed by atoms with Gasteiger partial charge in [0.15, 0.2) is 0 Å². The minimum absolute atomic E-state index is 0.0164. The van der Waals surface area contributed by atoms with E-state index in [4.69, 9.17) is 21.4 Å². The second-order valence-corrected chi connectivity index (χ2v) is 2.87. The highest BCUT2D eigenvalue weighted by molar-refractivity contribution is 6.25. The van der Waals surface area contributed by atoms with Gasteiger partial charge in [0.05, 0.1) is 0 Å². The Balaban J connectivity index is 2.91. The Morgan fingerprint density at radius 3 is 2.93 bits per heavy atom. The van der Waals surface area contributed by atoms with Crippen LogP contribution in [0.4, 0.5) is 4.39 Å². The summed E-state index contributed by atoms with van der Waals surface area (Å²) in [6.45, 7) is 0.0905. The number of benzene rings is 1. The van der Waals surface area contributed by atoms with Crippen LogP contribution in [-0.4, -0.2) is 17.7 Å². The Kier molecular flexibility index (Phi) is 4.12. The van der Waals surface area contributed by atoms with E-state index in [-0.39, 0.29) is 17.9 Å². The highest BCUT2D eigenvalue weighted by Gasteiger charge is 2.11. The Labute approximate surface area is 90.7 Å². The van der Waals surface area contributed by atoms with Crippen molar-refractivity contribution in [2.45, 2.75) is 0 Å². The van der Waals surface area contributed by atoms with E-state index in [2.05, 4.69) is 0 Å². The van der Waals surface area contributed by atoms with E-state index in [1.54, 1.807) is 0 Å². The maximum absolute atomic E-state index is 12.8. The van der Waals surface area contributed by atoms with Crippen LogP contribution in [-0.2, 0) is 0 Å². The molecule has 0 radical (unpaired) electrons. The normalized spacial score (nSPS) is 10.5. The number of carbonyl (C=O) groups is 1. The zero-order valence-corrected chi connectivity index (χ0v) is 8.37. The fourth-order valence-corrected chi connectivity index (χ4v) is 1.04. The molecule has 0 aliphatic heterocycles. The molecule has 0 saturated heterocycles. The lowest BCUT2D eigenvalue weighted by Gasteiger charge is -2.06. The van der Waals surface area contributed by atoms with Crippen LogP contribution in [0.1, 0.15) is 10.4 Å². The molecule has 0 aliphatic carbocycles. The summed E-state index contributed by atoms with van der Waals surface area (Å²) >= 11 is 5.25. The number of halogens is 2. The van der Waals surface area contributed by atoms with Gasteiger partial charge in [-0.2, -0.15) is 0 Å². The van der Waals surface area contributed by atoms with Crippen molar-refractivity contribution < 1.29 is 19.0 Å².